The van der Waals surface area contributed by atoms with Gasteiger partial charge in [-0.15, -0.1) is 0 Å². The van der Waals surface area contributed by atoms with Crippen LogP contribution in [0.25, 0.3) is 0 Å². The molecule has 0 amide bonds. The van der Waals surface area contributed by atoms with Crippen LogP contribution in [0.5, 0.6) is 0 Å². The minimum Gasteiger partial charge on any atom is -0.475 e. The Labute approximate surface area is 70.2 Å². The number of carbonyl (C=O) groups is 1. The van der Waals surface area contributed by atoms with Crippen molar-refractivity contribution >= 4 is 5.97 Å². The molecular weight excluding hydrogens is 158 g/mol. The zero-order chi connectivity index (χ0) is 9.14. The maximum absolute atomic E-state index is 10.6. The normalized spacial score (nSPS) is 10.2. The molecule has 1 aromatic heterocycles. The average molecular weight is 169 g/mol. The number of aromatic nitrogens is 1. The van der Waals surface area contributed by atoms with Crippen molar-refractivity contribution in [2.45, 2.75) is 26.7 Å². The lowest BCUT2D eigenvalue weighted by Crippen LogP contribution is -1.99. The van der Waals surface area contributed by atoms with E-state index in [1.807, 2.05) is 6.92 Å². The number of carboxylic acid groups (broad SMARTS) is 1. The minimum absolute atomic E-state index is 0.0191. The highest BCUT2D eigenvalue weighted by Crippen LogP contribution is 2.12. The van der Waals surface area contributed by atoms with Gasteiger partial charge in [-0.3, -0.25) is 0 Å². The predicted molar refractivity (Wildman–Crippen MR) is 42.2 cm³/mol. The summed E-state index contributed by atoms with van der Waals surface area (Å²) in [6.45, 7) is 3.61. The fourth-order valence-corrected chi connectivity index (χ4v) is 1.04. The first-order valence-corrected chi connectivity index (χ1v) is 3.84. The second-order valence-electron chi connectivity index (χ2n) is 2.56. The number of hydrogen-bond donors (Lipinski definition) is 1. The van der Waals surface area contributed by atoms with Crippen molar-refractivity contribution in [2.75, 3.05) is 0 Å². The number of aryl methyl sites for hydroxylation is 2. The predicted octanol–water partition coefficient (Wildman–Crippen LogP) is 1.63. The van der Waals surface area contributed by atoms with Crippen molar-refractivity contribution in [3.63, 3.8) is 0 Å². The molecule has 0 fully saturated rings. The Morgan fingerprint density at radius 2 is 2.33 bits per heavy atom. The lowest BCUT2D eigenvalue weighted by Gasteiger charge is -1.91. The summed E-state index contributed by atoms with van der Waals surface area (Å²) < 4.78 is 4.92. The molecule has 1 rings (SSSR count). The molecule has 0 spiro atoms. The van der Waals surface area contributed by atoms with Gasteiger partial charge in [0.25, 0.3) is 0 Å². The van der Waals surface area contributed by atoms with Crippen molar-refractivity contribution in [1.82, 2.24) is 4.98 Å². The summed E-state index contributed by atoms with van der Waals surface area (Å²) in [5.41, 5.74) is 0.544. The van der Waals surface area contributed by atoms with Gasteiger partial charge < -0.3 is 9.52 Å². The van der Waals surface area contributed by atoms with Crippen molar-refractivity contribution in [3.8, 4) is 0 Å². The summed E-state index contributed by atoms with van der Waals surface area (Å²) in [7, 11) is 0. The van der Waals surface area contributed by atoms with E-state index in [-0.39, 0.29) is 5.76 Å². The van der Waals surface area contributed by atoms with Gasteiger partial charge >= 0.3 is 5.97 Å². The van der Waals surface area contributed by atoms with Crippen molar-refractivity contribution in [1.29, 1.82) is 0 Å². The maximum Gasteiger partial charge on any atom is 0.373 e. The first-order valence-electron chi connectivity index (χ1n) is 3.84. The van der Waals surface area contributed by atoms with E-state index >= 15 is 0 Å². The quantitative estimate of drug-likeness (QED) is 0.746. The van der Waals surface area contributed by atoms with Crippen LogP contribution in [0.4, 0.5) is 0 Å². The topological polar surface area (TPSA) is 63.3 Å². The molecule has 12 heavy (non-hydrogen) atoms. The van der Waals surface area contributed by atoms with Crippen LogP contribution >= 0.6 is 0 Å². The number of oxazole rings is 1. The highest BCUT2D eigenvalue weighted by molar-refractivity contribution is 5.85. The Morgan fingerprint density at radius 1 is 1.67 bits per heavy atom. The van der Waals surface area contributed by atoms with Crippen LogP contribution in [-0.2, 0) is 6.42 Å². The van der Waals surface area contributed by atoms with Crippen LogP contribution in [0, 0.1) is 6.92 Å². The average Bonchev–Trinajstić information content (AvgIpc) is 2.32. The van der Waals surface area contributed by atoms with Crippen molar-refractivity contribution < 1.29 is 14.3 Å². The van der Waals surface area contributed by atoms with E-state index in [1.54, 1.807) is 6.92 Å². The molecule has 0 aromatic carbocycles. The molecule has 0 radical (unpaired) electrons. The van der Waals surface area contributed by atoms with Gasteiger partial charge in [-0.05, 0) is 6.42 Å². The summed E-state index contributed by atoms with van der Waals surface area (Å²) >= 11 is 0. The van der Waals surface area contributed by atoms with Gasteiger partial charge in [0.1, 0.15) is 0 Å². The van der Waals surface area contributed by atoms with Crippen molar-refractivity contribution in [2.24, 2.45) is 0 Å². The number of rotatable bonds is 3. The Hall–Kier alpha value is -1.32. The zero-order valence-corrected chi connectivity index (χ0v) is 7.13. The molecule has 0 unspecified atom stereocenters. The molecule has 1 N–H and O–H groups in total. The third kappa shape index (κ3) is 1.64. The number of carboxylic acids is 1. The molecule has 0 saturated carbocycles. The van der Waals surface area contributed by atoms with Gasteiger partial charge in [-0.1, -0.05) is 13.3 Å². The summed E-state index contributed by atoms with van der Waals surface area (Å²) in [6, 6.07) is 0. The van der Waals surface area contributed by atoms with Crippen LogP contribution in [0.15, 0.2) is 4.42 Å². The highest BCUT2D eigenvalue weighted by Gasteiger charge is 2.16. The fraction of sp³-hybridized carbons (Fsp3) is 0.500. The van der Waals surface area contributed by atoms with Crippen LogP contribution in [0.3, 0.4) is 0 Å². The van der Waals surface area contributed by atoms with Gasteiger partial charge in [0.15, 0.2) is 5.89 Å². The number of hydrogen-bond acceptors (Lipinski definition) is 3. The van der Waals surface area contributed by atoms with Crippen LogP contribution in [0.1, 0.15) is 35.5 Å². The van der Waals surface area contributed by atoms with Gasteiger partial charge in [0.2, 0.25) is 5.76 Å². The number of aromatic carboxylic acids is 1. The number of nitrogens with zero attached hydrogens (tertiary/aromatic N) is 1. The molecule has 0 bridgehead atoms. The second kappa shape index (κ2) is 3.38. The van der Waals surface area contributed by atoms with Gasteiger partial charge in [-0.25, -0.2) is 9.78 Å². The molecule has 4 nitrogen and oxygen atoms in total. The lowest BCUT2D eigenvalue weighted by molar-refractivity contribution is 0.0659. The molecular formula is C8H11NO3. The first kappa shape index (κ1) is 8.77. The minimum atomic E-state index is -1.04. The largest absolute Gasteiger partial charge is 0.475 e. The monoisotopic (exact) mass is 169 g/mol. The van der Waals surface area contributed by atoms with Gasteiger partial charge in [0.05, 0.1) is 5.69 Å². The van der Waals surface area contributed by atoms with Crippen LogP contribution in [0.2, 0.25) is 0 Å². The Kier molecular flexibility index (Phi) is 2.47. The molecule has 0 atom stereocenters. The molecule has 4 heteroatoms. The van der Waals surface area contributed by atoms with E-state index in [2.05, 4.69) is 4.98 Å². The van der Waals surface area contributed by atoms with Crippen LogP contribution in [-0.4, -0.2) is 16.1 Å². The Bertz CT molecular complexity index is 290. The first-order chi connectivity index (χ1) is 5.65. The molecule has 0 saturated heterocycles. The molecule has 0 aliphatic rings. The van der Waals surface area contributed by atoms with E-state index in [0.717, 1.165) is 6.42 Å². The van der Waals surface area contributed by atoms with E-state index in [9.17, 15) is 4.79 Å². The molecule has 66 valence electrons. The van der Waals surface area contributed by atoms with Crippen LogP contribution < -0.4 is 0 Å². The van der Waals surface area contributed by atoms with E-state index in [1.165, 1.54) is 0 Å². The third-order valence-corrected chi connectivity index (χ3v) is 1.49. The fourth-order valence-electron chi connectivity index (χ4n) is 1.04. The summed E-state index contributed by atoms with van der Waals surface area (Å²) in [5.74, 6) is -0.649. The van der Waals surface area contributed by atoms with Crippen molar-refractivity contribution in [3.05, 3.63) is 17.3 Å². The summed E-state index contributed by atoms with van der Waals surface area (Å²) in [4.78, 5) is 14.6. The smallest absolute Gasteiger partial charge is 0.373 e. The van der Waals surface area contributed by atoms with E-state index in [0.29, 0.717) is 18.0 Å². The summed E-state index contributed by atoms with van der Waals surface area (Å²) in [5, 5.41) is 8.67. The van der Waals surface area contributed by atoms with Gasteiger partial charge in [-0.2, -0.15) is 0 Å². The second-order valence-corrected chi connectivity index (χ2v) is 2.56. The standard InChI is InChI=1S/C8H11NO3/c1-3-4-6-7(8(10)11)12-5(2)9-6/h3-4H2,1-2H3,(H,10,11). The Morgan fingerprint density at radius 3 is 2.83 bits per heavy atom. The van der Waals surface area contributed by atoms with E-state index < -0.39 is 5.97 Å². The highest BCUT2D eigenvalue weighted by atomic mass is 16.4. The molecule has 1 aromatic rings. The lowest BCUT2D eigenvalue weighted by atomic mass is 10.2. The summed E-state index contributed by atoms with van der Waals surface area (Å²) in [6.07, 6.45) is 1.52. The molecule has 1 heterocycles. The SMILES string of the molecule is CCCc1nc(C)oc1C(=O)O. The van der Waals surface area contributed by atoms with Gasteiger partial charge in [0, 0.05) is 6.92 Å². The molecule has 0 aliphatic heterocycles. The van der Waals surface area contributed by atoms with E-state index in [4.69, 9.17) is 9.52 Å². The Balaban J connectivity index is 2.99. The zero-order valence-electron chi connectivity index (χ0n) is 7.13. The third-order valence-electron chi connectivity index (χ3n) is 1.49. The molecule has 0 aliphatic carbocycles. The maximum atomic E-state index is 10.6.